The lowest BCUT2D eigenvalue weighted by Crippen LogP contribution is -2.37. The zero-order valence-electron chi connectivity index (χ0n) is 15.2. The summed E-state index contributed by atoms with van der Waals surface area (Å²) < 4.78 is 18.5. The molecule has 1 heterocycles. The Kier molecular flexibility index (Phi) is 8.65. The Morgan fingerprint density at radius 1 is 1.18 bits per heavy atom. The number of nitrogens with one attached hydrogen (secondary N) is 2. The van der Waals surface area contributed by atoms with Crippen molar-refractivity contribution in [2.45, 2.75) is 13.0 Å². The second-order valence-corrected chi connectivity index (χ2v) is 6.19. The molecule has 9 heteroatoms. The quantitative estimate of drug-likeness (QED) is 0.294. The van der Waals surface area contributed by atoms with Crippen LogP contribution in [0, 0.1) is 5.82 Å². The van der Waals surface area contributed by atoms with Gasteiger partial charge in [-0.25, -0.2) is 4.39 Å². The molecule has 0 amide bonds. The zero-order chi connectivity index (χ0) is 19.1. The Balaban J connectivity index is 0.00000280. The number of guanidine groups is 1. The van der Waals surface area contributed by atoms with E-state index in [1.54, 1.807) is 25.2 Å². The van der Waals surface area contributed by atoms with Gasteiger partial charge in [0, 0.05) is 37.1 Å². The van der Waals surface area contributed by atoms with Crippen LogP contribution in [0.3, 0.4) is 0 Å². The monoisotopic (exact) mass is 515 g/mol. The Labute approximate surface area is 184 Å². The maximum absolute atomic E-state index is 13.2. The Morgan fingerprint density at radius 2 is 1.96 bits per heavy atom. The molecule has 0 aliphatic carbocycles. The van der Waals surface area contributed by atoms with Crippen molar-refractivity contribution in [1.82, 2.24) is 20.8 Å². The van der Waals surface area contributed by atoms with Gasteiger partial charge in [-0.05, 0) is 42.0 Å². The zero-order valence-corrected chi connectivity index (χ0v) is 18.2. The summed E-state index contributed by atoms with van der Waals surface area (Å²) in [7, 11) is 1.67. The van der Waals surface area contributed by atoms with Crippen molar-refractivity contribution < 1.29 is 8.91 Å². The Bertz CT molecular complexity index is 917. The highest BCUT2D eigenvalue weighted by Gasteiger charge is 2.09. The van der Waals surface area contributed by atoms with Crippen LogP contribution in [-0.4, -0.2) is 29.7 Å². The van der Waals surface area contributed by atoms with Gasteiger partial charge in [0.15, 0.2) is 5.96 Å². The average molecular weight is 516 g/mol. The number of halogens is 3. The fraction of sp³-hybridized carbons (Fsp3) is 0.211. The molecule has 28 heavy (non-hydrogen) atoms. The van der Waals surface area contributed by atoms with E-state index in [9.17, 15) is 4.39 Å². The van der Waals surface area contributed by atoms with E-state index in [0.717, 1.165) is 11.1 Å². The molecule has 0 spiro atoms. The van der Waals surface area contributed by atoms with Crippen LogP contribution in [-0.2, 0) is 13.0 Å². The number of rotatable bonds is 6. The highest BCUT2D eigenvalue weighted by Crippen LogP contribution is 2.18. The van der Waals surface area contributed by atoms with Crippen molar-refractivity contribution in [2.75, 3.05) is 13.6 Å². The molecular formula is C19H20ClFIN5O. The summed E-state index contributed by atoms with van der Waals surface area (Å²) in [5.74, 6) is 1.39. The standard InChI is InChI=1S/C19H19ClFN5O.HI/c1-22-19(24-12-13-3-2-4-16(21)11-13)23-10-9-17-25-18(26-27-17)14-5-7-15(20)8-6-14;/h2-8,11H,9-10,12H2,1H3,(H2,22,23,24);1H. The largest absolute Gasteiger partial charge is 0.356 e. The van der Waals surface area contributed by atoms with Gasteiger partial charge in [0.1, 0.15) is 5.82 Å². The summed E-state index contributed by atoms with van der Waals surface area (Å²) in [6.45, 7) is 1.03. The van der Waals surface area contributed by atoms with Gasteiger partial charge >= 0.3 is 0 Å². The summed E-state index contributed by atoms with van der Waals surface area (Å²) in [6, 6.07) is 13.7. The maximum Gasteiger partial charge on any atom is 0.228 e. The van der Waals surface area contributed by atoms with Gasteiger partial charge in [-0.1, -0.05) is 28.9 Å². The fourth-order valence-electron chi connectivity index (χ4n) is 2.41. The molecule has 2 aromatic carbocycles. The van der Waals surface area contributed by atoms with Gasteiger partial charge < -0.3 is 15.2 Å². The first-order valence-corrected chi connectivity index (χ1v) is 8.79. The number of hydrogen-bond acceptors (Lipinski definition) is 4. The van der Waals surface area contributed by atoms with Crippen LogP contribution in [0.25, 0.3) is 11.4 Å². The van der Waals surface area contributed by atoms with E-state index in [1.165, 1.54) is 12.1 Å². The van der Waals surface area contributed by atoms with E-state index in [0.29, 0.717) is 42.2 Å². The van der Waals surface area contributed by atoms with Gasteiger partial charge in [-0.15, -0.1) is 24.0 Å². The lowest BCUT2D eigenvalue weighted by molar-refractivity contribution is 0.378. The van der Waals surface area contributed by atoms with Crippen molar-refractivity contribution >= 4 is 41.5 Å². The number of hydrogen-bond donors (Lipinski definition) is 2. The van der Waals surface area contributed by atoms with Crippen LogP contribution in [0.2, 0.25) is 5.02 Å². The number of benzene rings is 2. The molecule has 0 aliphatic rings. The average Bonchev–Trinajstić information content (AvgIpc) is 3.14. The number of nitrogens with zero attached hydrogens (tertiary/aromatic N) is 3. The molecule has 0 saturated carbocycles. The van der Waals surface area contributed by atoms with Gasteiger partial charge in [0.25, 0.3) is 0 Å². The summed E-state index contributed by atoms with van der Waals surface area (Å²) in [4.78, 5) is 8.51. The second kappa shape index (κ2) is 11.0. The molecule has 6 nitrogen and oxygen atoms in total. The van der Waals surface area contributed by atoms with E-state index in [4.69, 9.17) is 16.1 Å². The minimum atomic E-state index is -0.259. The molecule has 148 valence electrons. The summed E-state index contributed by atoms with van der Waals surface area (Å²) in [5, 5.41) is 10.9. The smallest absolute Gasteiger partial charge is 0.228 e. The fourth-order valence-corrected chi connectivity index (χ4v) is 2.54. The van der Waals surface area contributed by atoms with Crippen molar-refractivity contribution in [3.8, 4) is 11.4 Å². The van der Waals surface area contributed by atoms with E-state index in [1.807, 2.05) is 18.2 Å². The molecule has 2 N–H and O–H groups in total. The van der Waals surface area contributed by atoms with Crippen LogP contribution in [0.1, 0.15) is 11.5 Å². The second-order valence-electron chi connectivity index (χ2n) is 5.75. The topological polar surface area (TPSA) is 75.3 Å². The highest BCUT2D eigenvalue weighted by atomic mass is 127. The minimum Gasteiger partial charge on any atom is -0.356 e. The number of aromatic nitrogens is 2. The third-order valence-corrected chi connectivity index (χ3v) is 4.03. The molecule has 0 saturated heterocycles. The molecule has 3 rings (SSSR count). The predicted octanol–water partition coefficient (Wildman–Crippen LogP) is 4.05. The van der Waals surface area contributed by atoms with Crippen LogP contribution < -0.4 is 10.6 Å². The third-order valence-electron chi connectivity index (χ3n) is 3.77. The van der Waals surface area contributed by atoms with E-state index < -0.39 is 0 Å². The van der Waals surface area contributed by atoms with E-state index in [2.05, 4.69) is 25.8 Å². The molecule has 1 aromatic heterocycles. The van der Waals surface area contributed by atoms with Crippen molar-refractivity contribution in [3.63, 3.8) is 0 Å². The molecule has 0 bridgehead atoms. The summed E-state index contributed by atoms with van der Waals surface area (Å²) >= 11 is 5.88. The van der Waals surface area contributed by atoms with E-state index >= 15 is 0 Å². The molecular weight excluding hydrogens is 496 g/mol. The van der Waals surface area contributed by atoms with Crippen molar-refractivity contribution in [3.05, 3.63) is 70.8 Å². The number of aliphatic imine (C=N–C) groups is 1. The van der Waals surface area contributed by atoms with Crippen molar-refractivity contribution in [2.24, 2.45) is 4.99 Å². The van der Waals surface area contributed by atoms with Gasteiger partial charge in [0.05, 0.1) is 0 Å². The van der Waals surface area contributed by atoms with Crippen molar-refractivity contribution in [1.29, 1.82) is 0 Å². The van der Waals surface area contributed by atoms with Gasteiger partial charge in [-0.2, -0.15) is 4.98 Å². The SMILES string of the molecule is CN=C(NCCc1nc(-c2ccc(Cl)cc2)no1)NCc1cccc(F)c1.I. The molecule has 0 atom stereocenters. The lowest BCUT2D eigenvalue weighted by Gasteiger charge is -2.11. The first-order valence-electron chi connectivity index (χ1n) is 8.41. The lowest BCUT2D eigenvalue weighted by atomic mass is 10.2. The first kappa shape index (κ1) is 22.1. The summed E-state index contributed by atoms with van der Waals surface area (Å²) in [6.07, 6.45) is 0.543. The Hall–Kier alpha value is -2.20. The molecule has 0 radical (unpaired) electrons. The Morgan fingerprint density at radius 3 is 2.68 bits per heavy atom. The highest BCUT2D eigenvalue weighted by molar-refractivity contribution is 14.0. The third kappa shape index (κ3) is 6.45. The van der Waals surface area contributed by atoms with Crippen LogP contribution in [0.15, 0.2) is 58.0 Å². The van der Waals surface area contributed by atoms with Gasteiger partial charge in [-0.3, -0.25) is 4.99 Å². The van der Waals surface area contributed by atoms with Gasteiger partial charge in [0.2, 0.25) is 11.7 Å². The molecule has 0 unspecified atom stereocenters. The predicted molar refractivity (Wildman–Crippen MR) is 118 cm³/mol. The summed E-state index contributed by atoms with van der Waals surface area (Å²) in [5.41, 5.74) is 1.68. The molecule has 0 aliphatic heterocycles. The first-order chi connectivity index (χ1) is 13.1. The molecule has 0 fully saturated rings. The van der Waals surface area contributed by atoms with Crippen LogP contribution >= 0.6 is 35.6 Å². The minimum absolute atomic E-state index is 0. The van der Waals surface area contributed by atoms with Crippen LogP contribution in [0.4, 0.5) is 4.39 Å². The van der Waals surface area contributed by atoms with E-state index in [-0.39, 0.29) is 29.8 Å². The normalized spacial score (nSPS) is 11.0. The maximum atomic E-state index is 13.2. The van der Waals surface area contributed by atoms with Crippen LogP contribution in [0.5, 0.6) is 0 Å². The molecule has 3 aromatic rings.